The average Bonchev–Trinajstić information content (AvgIpc) is 2.34. The summed E-state index contributed by atoms with van der Waals surface area (Å²) in [5.41, 5.74) is 2.66. The molecule has 1 fully saturated rings. The minimum Gasteiger partial charge on any atom is -0.0835 e. The predicted octanol–water partition coefficient (Wildman–Crippen LogP) is 6.78. The molecule has 0 spiro atoms. The van der Waals surface area contributed by atoms with E-state index in [0.717, 1.165) is 11.8 Å². The highest BCUT2D eigenvalue weighted by Gasteiger charge is 2.26. The molecule has 0 bridgehead atoms. The van der Waals surface area contributed by atoms with Gasteiger partial charge in [-0.05, 0) is 54.9 Å². The molecule has 1 unspecified atom stereocenters. The molecule has 0 heterocycles. The maximum Gasteiger partial charge on any atom is 0.0435 e. The molecular weight excluding hydrogens is 420 g/mol. The fraction of sp³-hybridized carbons (Fsp3) is 0.600. The Labute approximate surface area is 135 Å². The lowest BCUT2D eigenvalue weighted by molar-refractivity contribution is 0.287. The van der Waals surface area contributed by atoms with Crippen LogP contribution in [0.4, 0.5) is 0 Å². The van der Waals surface area contributed by atoms with E-state index in [9.17, 15) is 0 Å². The maximum absolute atomic E-state index is 3.93. The minimum absolute atomic E-state index is 0.469. The molecule has 1 aliphatic rings. The van der Waals surface area contributed by atoms with Crippen LogP contribution in [0.2, 0.25) is 0 Å². The SMILES string of the molecule is Cc1cc(Br)c(C(Br)C2CCC(C)CC2)cc1Br. The molecule has 0 nitrogen and oxygen atoms in total. The molecule has 0 aliphatic heterocycles. The zero-order valence-corrected chi connectivity index (χ0v) is 15.6. The number of benzene rings is 1. The van der Waals surface area contributed by atoms with E-state index in [0.29, 0.717) is 4.83 Å². The van der Waals surface area contributed by atoms with Crippen molar-refractivity contribution in [1.82, 2.24) is 0 Å². The summed E-state index contributed by atoms with van der Waals surface area (Å²) in [5.74, 6) is 1.68. The first-order valence-electron chi connectivity index (χ1n) is 6.58. The van der Waals surface area contributed by atoms with Gasteiger partial charge in [0.15, 0.2) is 0 Å². The number of aryl methyl sites for hydroxylation is 1. The van der Waals surface area contributed by atoms with Gasteiger partial charge >= 0.3 is 0 Å². The highest BCUT2D eigenvalue weighted by Crippen LogP contribution is 2.44. The Morgan fingerprint density at radius 3 is 2.28 bits per heavy atom. The van der Waals surface area contributed by atoms with Crippen molar-refractivity contribution >= 4 is 47.8 Å². The van der Waals surface area contributed by atoms with Crippen molar-refractivity contribution in [2.24, 2.45) is 11.8 Å². The Morgan fingerprint density at radius 1 is 1.06 bits per heavy atom. The second-order valence-corrected chi connectivity index (χ2v) is 8.24. The molecule has 3 heteroatoms. The number of hydrogen-bond donors (Lipinski definition) is 0. The fourth-order valence-corrected chi connectivity index (χ4v) is 4.99. The number of rotatable bonds is 2. The topological polar surface area (TPSA) is 0 Å². The quantitative estimate of drug-likeness (QED) is 0.446. The molecule has 1 saturated carbocycles. The van der Waals surface area contributed by atoms with Crippen molar-refractivity contribution in [3.8, 4) is 0 Å². The predicted molar refractivity (Wildman–Crippen MR) is 89.4 cm³/mol. The van der Waals surface area contributed by atoms with Crippen LogP contribution in [0.1, 0.15) is 48.6 Å². The zero-order valence-electron chi connectivity index (χ0n) is 10.8. The van der Waals surface area contributed by atoms with Gasteiger partial charge in [0.2, 0.25) is 0 Å². The van der Waals surface area contributed by atoms with E-state index in [-0.39, 0.29) is 0 Å². The van der Waals surface area contributed by atoms with Gasteiger partial charge in [0.25, 0.3) is 0 Å². The molecule has 100 valence electrons. The molecule has 2 rings (SSSR count). The highest BCUT2D eigenvalue weighted by atomic mass is 79.9. The summed E-state index contributed by atoms with van der Waals surface area (Å²) in [5, 5.41) is 0. The van der Waals surface area contributed by atoms with Crippen LogP contribution in [0.3, 0.4) is 0 Å². The largest absolute Gasteiger partial charge is 0.0835 e. The molecular formula is C15H19Br3. The van der Waals surface area contributed by atoms with Gasteiger partial charge in [-0.15, -0.1) is 0 Å². The molecule has 0 aromatic heterocycles. The Morgan fingerprint density at radius 2 is 1.67 bits per heavy atom. The molecule has 0 saturated heterocycles. The fourth-order valence-electron chi connectivity index (χ4n) is 2.71. The van der Waals surface area contributed by atoms with Crippen LogP contribution in [0.25, 0.3) is 0 Å². The average molecular weight is 439 g/mol. The Hall–Kier alpha value is 0.660. The molecule has 1 aliphatic carbocycles. The van der Waals surface area contributed by atoms with Crippen LogP contribution >= 0.6 is 47.8 Å². The Kier molecular flexibility index (Phi) is 5.36. The molecule has 0 N–H and O–H groups in total. The van der Waals surface area contributed by atoms with Crippen molar-refractivity contribution < 1.29 is 0 Å². The number of halogens is 3. The van der Waals surface area contributed by atoms with Crippen molar-refractivity contribution in [3.63, 3.8) is 0 Å². The van der Waals surface area contributed by atoms with E-state index in [4.69, 9.17) is 0 Å². The van der Waals surface area contributed by atoms with Gasteiger partial charge in [-0.1, -0.05) is 67.6 Å². The van der Waals surface area contributed by atoms with Gasteiger partial charge in [0.05, 0.1) is 0 Å². The number of alkyl halides is 1. The van der Waals surface area contributed by atoms with Crippen LogP contribution in [0, 0.1) is 18.8 Å². The standard InChI is InChI=1S/C15H19Br3/c1-9-3-5-11(6-4-9)15(18)12-8-13(16)10(2)7-14(12)17/h7-9,11,15H,3-6H2,1-2H3. The van der Waals surface area contributed by atoms with Gasteiger partial charge in [0, 0.05) is 13.8 Å². The summed E-state index contributed by atoms with van der Waals surface area (Å²) in [7, 11) is 0. The third kappa shape index (κ3) is 3.40. The Balaban J connectivity index is 2.18. The molecule has 0 radical (unpaired) electrons. The highest BCUT2D eigenvalue weighted by molar-refractivity contribution is 9.11. The van der Waals surface area contributed by atoms with E-state index >= 15 is 0 Å². The maximum atomic E-state index is 3.93. The molecule has 0 amide bonds. The third-order valence-electron chi connectivity index (χ3n) is 4.05. The number of hydrogen-bond acceptors (Lipinski definition) is 0. The second-order valence-electron chi connectivity index (χ2n) is 5.54. The second kappa shape index (κ2) is 6.41. The van der Waals surface area contributed by atoms with Crippen molar-refractivity contribution in [2.45, 2.75) is 44.4 Å². The normalized spacial score (nSPS) is 26.1. The van der Waals surface area contributed by atoms with Crippen LogP contribution in [-0.4, -0.2) is 0 Å². The van der Waals surface area contributed by atoms with Crippen LogP contribution < -0.4 is 0 Å². The Bertz CT molecular complexity index is 420. The van der Waals surface area contributed by atoms with Crippen LogP contribution in [0.5, 0.6) is 0 Å². The van der Waals surface area contributed by atoms with Crippen molar-refractivity contribution in [3.05, 3.63) is 32.2 Å². The first-order chi connectivity index (χ1) is 8.49. The van der Waals surface area contributed by atoms with E-state index in [2.05, 4.69) is 73.8 Å². The van der Waals surface area contributed by atoms with Crippen molar-refractivity contribution in [1.29, 1.82) is 0 Å². The van der Waals surface area contributed by atoms with Gasteiger partial charge in [-0.25, -0.2) is 0 Å². The van der Waals surface area contributed by atoms with Crippen molar-refractivity contribution in [2.75, 3.05) is 0 Å². The van der Waals surface area contributed by atoms with E-state index < -0.39 is 0 Å². The minimum atomic E-state index is 0.469. The lowest BCUT2D eigenvalue weighted by atomic mass is 9.80. The smallest absolute Gasteiger partial charge is 0.0435 e. The summed E-state index contributed by atoms with van der Waals surface area (Å²) in [4.78, 5) is 0.469. The monoisotopic (exact) mass is 436 g/mol. The lowest BCUT2D eigenvalue weighted by Crippen LogP contribution is -2.16. The summed E-state index contributed by atoms with van der Waals surface area (Å²) in [6.07, 6.45) is 5.43. The molecule has 18 heavy (non-hydrogen) atoms. The summed E-state index contributed by atoms with van der Waals surface area (Å²) in [6.45, 7) is 4.50. The molecule has 1 atom stereocenters. The van der Waals surface area contributed by atoms with Gasteiger partial charge in [-0.2, -0.15) is 0 Å². The zero-order chi connectivity index (χ0) is 13.3. The van der Waals surface area contributed by atoms with Crippen LogP contribution in [0.15, 0.2) is 21.1 Å². The van der Waals surface area contributed by atoms with Gasteiger partial charge in [0.1, 0.15) is 0 Å². The first-order valence-corrected chi connectivity index (χ1v) is 9.08. The molecule has 1 aromatic rings. The van der Waals surface area contributed by atoms with E-state index in [1.807, 2.05) is 0 Å². The van der Waals surface area contributed by atoms with Crippen LogP contribution in [-0.2, 0) is 0 Å². The van der Waals surface area contributed by atoms with Gasteiger partial charge in [-0.3, -0.25) is 0 Å². The summed E-state index contributed by atoms with van der Waals surface area (Å²) >= 11 is 11.3. The molecule has 1 aromatic carbocycles. The van der Waals surface area contributed by atoms with E-state index in [1.165, 1.54) is 45.8 Å². The van der Waals surface area contributed by atoms with Gasteiger partial charge < -0.3 is 0 Å². The lowest BCUT2D eigenvalue weighted by Gasteiger charge is -2.30. The summed E-state index contributed by atoms with van der Waals surface area (Å²) in [6, 6.07) is 4.47. The first kappa shape index (κ1) is 15.1. The third-order valence-corrected chi connectivity index (χ3v) is 6.83. The van der Waals surface area contributed by atoms with E-state index in [1.54, 1.807) is 0 Å². The summed E-state index contributed by atoms with van der Waals surface area (Å²) < 4.78 is 2.43.